The molecule has 17 heavy (non-hydrogen) atoms. The van der Waals surface area contributed by atoms with Crippen LogP contribution in [0, 0.1) is 11.3 Å². The third kappa shape index (κ3) is 3.46. The molecular weight excluding hydrogens is 282 g/mol. The average Bonchev–Trinajstić information content (AvgIpc) is 3.11. The van der Waals surface area contributed by atoms with Crippen molar-refractivity contribution in [2.75, 3.05) is 11.9 Å². The Balaban J connectivity index is 1.89. The minimum atomic E-state index is 0.00348. The zero-order valence-electron chi connectivity index (χ0n) is 9.16. The summed E-state index contributed by atoms with van der Waals surface area (Å²) in [5.74, 6) is 0.00348. The summed E-state index contributed by atoms with van der Waals surface area (Å²) in [6.07, 6.45) is 2.18. The normalized spacial score (nSPS) is 13.9. The number of carbonyl (C=O) groups excluding carboxylic acids is 1. The van der Waals surface area contributed by atoms with Crippen LogP contribution < -0.4 is 10.6 Å². The van der Waals surface area contributed by atoms with Crippen molar-refractivity contribution < 1.29 is 4.79 Å². The Bertz CT molecular complexity index is 477. The molecule has 1 aromatic rings. The number of hydrogen-bond acceptors (Lipinski definition) is 3. The number of amides is 1. The Morgan fingerprint density at radius 3 is 2.88 bits per heavy atom. The van der Waals surface area contributed by atoms with Crippen LogP contribution in [0.2, 0.25) is 0 Å². The minimum absolute atomic E-state index is 0.00348. The van der Waals surface area contributed by atoms with Crippen LogP contribution in [-0.4, -0.2) is 18.5 Å². The van der Waals surface area contributed by atoms with E-state index < -0.39 is 0 Å². The summed E-state index contributed by atoms with van der Waals surface area (Å²) in [6.45, 7) is 0.251. The van der Waals surface area contributed by atoms with Crippen molar-refractivity contribution in [2.45, 2.75) is 18.9 Å². The molecule has 0 radical (unpaired) electrons. The van der Waals surface area contributed by atoms with Crippen LogP contribution in [0.4, 0.5) is 5.69 Å². The molecule has 1 aliphatic rings. The molecule has 1 aliphatic carbocycles. The van der Waals surface area contributed by atoms with Crippen LogP contribution in [0.1, 0.15) is 18.4 Å². The standard InChI is InChI=1S/C12H12BrN3O/c13-10-5-8(6-14)1-4-11(10)15-7-12(17)16-9-2-3-9/h1,4-5,9,15H,2-3,7H2,(H,16,17). The first-order valence-corrected chi connectivity index (χ1v) is 6.21. The summed E-state index contributed by atoms with van der Waals surface area (Å²) in [7, 11) is 0. The Hall–Kier alpha value is -1.54. The van der Waals surface area contributed by atoms with E-state index in [1.165, 1.54) is 0 Å². The quantitative estimate of drug-likeness (QED) is 0.892. The second-order valence-electron chi connectivity index (χ2n) is 4.00. The number of rotatable bonds is 4. The predicted octanol–water partition coefficient (Wildman–Crippen LogP) is 2.01. The van der Waals surface area contributed by atoms with Gasteiger partial charge in [0.1, 0.15) is 0 Å². The molecule has 1 amide bonds. The van der Waals surface area contributed by atoms with Gasteiger partial charge in [-0.2, -0.15) is 5.26 Å². The van der Waals surface area contributed by atoms with Gasteiger partial charge in [0.25, 0.3) is 0 Å². The van der Waals surface area contributed by atoms with E-state index in [0.29, 0.717) is 11.6 Å². The average molecular weight is 294 g/mol. The zero-order valence-corrected chi connectivity index (χ0v) is 10.8. The molecule has 0 atom stereocenters. The van der Waals surface area contributed by atoms with E-state index in [0.717, 1.165) is 23.0 Å². The molecule has 88 valence electrons. The lowest BCUT2D eigenvalue weighted by atomic mass is 10.2. The molecule has 1 saturated carbocycles. The molecule has 0 saturated heterocycles. The van der Waals surface area contributed by atoms with Crippen molar-refractivity contribution in [3.63, 3.8) is 0 Å². The highest BCUT2D eigenvalue weighted by Crippen LogP contribution is 2.23. The van der Waals surface area contributed by atoms with Crippen molar-refractivity contribution in [3.05, 3.63) is 28.2 Å². The van der Waals surface area contributed by atoms with E-state index >= 15 is 0 Å². The van der Waals surface area contributed by atoms with Gasteiger partial charge in [-0.15, -0.1) is 0 Å². The summed E-state index contributed by atoms with van der Waals surface area (Å²) in [5, 5.41) is 14.6. The van der Waals surface area contributed by atoms with Crippen LogP contribution in [0.3, 0.4) is 0 Å². The number of nitrogens with zero attached hydrogens (tertiary/aromatic N) is 1. The molecule has 2 N–H and O–H groups in total. The van der Waals surface area contributed by atoms with Gasteiger partial charge in [-0.1, -0.05) is 0 Å². The van der Waals surface area contributed by atoms with Gasteiger partial charge in [-0.05, 0) is 47.0 Å². The predicted molar refractivity (Wildman–Crippen MR) is 68.5 cm³/mol. The maximum Gasteiger partial charge on any atom is 0.239 e. The van der Waals surface area contributed by atoms with Gasteiger partial charge < -0.3 is 10.6 Å². The fourth-order valence-electron chi connectivity index (χ4n) is 1.41. The molecule has 0 aliphatic heterocycles. The lowest BCUT2D eigenvalue weighted by Crippen LogP contribution is -2.31. The van der Waals surface area contributed by atoms with Crippen LogP contribution >= 0.6 is 15.9 Å². The molecule has 0 unspecified atom stereocenters. The van der Waals surface area contributed by atoms with Crippen LogP contribution in [0.5, 0.6) is 0 Å². The lowest BCUT2D eigenvalue weighted by Gasteiger charge is -2.08. The van der Waals surface area contributed by atoms with Gasteiger partial charge in [0, 0.05) is 16.2 Å². The fourth-order valence-corrected chi connectivity index (χ4v) is 1.93. The van der Waals surface area contributed by atoms with Gasteiger partial charge in [0.15, 0.2) is 0 Å². The minimum Gasteiger partial charge on any atom is -0.375 e. The Labute approximate surface area is 108 Å². The Morgan fingerprint density at radius 1 is 1.53 bits per heavy atom. The van der Waals surface area contributed by atoms with Gasteiger partial charge in [-0.3, -0.25) is 4.79 Å². The zero-order chi connectivity index (χ0) is 12.3. The summed E-state index contributed by atoms with van der Waals surface area (Å²) >= 11 is 3.36. The Kier molecular flexibility index (Phi) is 3.64. The van der Waals surface area contributed by atoms with Crippen molar-refractivity contribution in [1.29, 1.82) is 5.26 Å². The SMILES string of the molecule is N#Cc1ccc(NCC(=O)NC2CC2)c(Br)c1. The maximum atomic E-state index is 11.5. The van der Waals surface area contributed by atoms with E-state index in [2.05, 4.69) is 32.6 Å². The molecular formula is C12H12BrN3O. The van der Waals surface area contributed by atoms with Gasteiger partial charge in [-0.25, -0.2) is 0 Å². The monoisotopic (exact) mass is 293 g/mol. The van der Waals surface area contributed by atoms with Crippen LogP contribution in [-0.2, 0) is 4.79 Å². The first-order chi connectivity index (χ1) is 8.19. The van der Waals surface area contributed by atoms with Crippen LogP contribution in [0.15, 0.2) is 22.7 Å². The molecule has 0 heterocycles. The summed E-state index contributed by atoms with van der Waals surface area (Å²) < 4.78 is 0.788. The number of hydrogen-bond donors (Lipinski definition) is 2. The number of benzene rings is 1. The highest BCUT2D eigenvalue weighted by Gasteiger charge is 2.22. The van der Waals surface area contributed by atoms with Crippen molar-refractivity contribution in [3.8, 4) is 6.07 Å². The van der Waals surface area contributed by atoms with Gasteiger partial charge in [0.05, 0.1) is 18.2 Å². The second-order valence-corrected chi connectivity index (χ2v) is 4.86. The molecule has 5 heteroatoms. The summed E-state index contributed by atoms with van der Waals surface area (Å²) in [4.78, 5) is 11.5. The van der Waals surface area contributed by atoms with Crippen molar-refractivity contribution >= 4 is 27.5 Å². The highest BCUT2D eigenvalue weighted by molar-refractivity contribution is 9.10. The molecule has 1 aromatic carbocycles. The largest absolute Gasteiger partial charge is 0.375 e. The number of nitrogens with one attached hydrogen (secondary N) is 2. The summed E-state index contributed by atoms with van der Waals surface area (Å²) in [6, 6.07) is 7.66. The van der Waals surface area contributed by atoms with E-state index in [4.69, 9.17) is 5.26 Å². The smallest absolute Gasteiger partial charge is 0.239 e. The fraction of sp³-hybridized carbons (Fsp3) is 0.333. The first kappa shape index (κ1) is 11.9. The topological polar surface area (TPSA) is 64.9 Å². The molecule has 0 bridgehead atoms. The number of halogens is 1. The van der Waals surface area contributed by atoms with Crippen molar-refractivity contribution in [2.24, 2.45) is 0 Å². The maximum absolute atomic E-state index is 11.5. The lowest BCUT2D eigenvalue weighted by molar-refractivity contribution is -0.119. The molecule has 4 nitrogen and oxygen atoms in total. The molecule has 0 aromatic heterocycles. The summed E-state index contributed by atoms with van der Waals surface area (Å²) in [5.41, 5.74) is 1.40. The van der Waals surface area contributed by atoms with Gasteiger partial charge >= 0.3 is 0 Å². The van der Waals surface area contributed by atoms with E-state index in [-0.39, 0.29) is 12.5 Å². The molecule has 2 rings (SSSR count). The van der Waals surface area contributed by atoms with Crippen molar-refractivity contribution in [1.82, 2.24) is 5.32 Å². The number of anilines is 1. The molecule has 0 spiro atoms. The van der Waals surface area contributed by atoms with Gasteiger partial charge in [0.2, 0.25) is 5.91 Å². The van der Waals surface area contributed by atoms with E-state index in [1.807, 2.05) is 0 Å². The third-order valence-corrected chi connectivity index (χ3v) is 3.14. The van der Waals surface area contributed by atoms with Crippen LogP contribution in [0.25, 0.3) is 0 Å². The number of carbonyl (C=O) groups is 1. The van der Waals surface area contributed by atoms with E-state index in [1.54, 1.807) is 18.2 Å². The van der Waals surface area contributed by atoms with E-state index in [9.17, 15) is 4.79 Å². The molecule has 1 fully saturated rings. The first-order valence-electron chi connectivity index (χ1n) is 5.42. The number of nitriles is 1. The third-order valence-electron chi connectivity index (χ3n) is 2.48. The second kappa shape index (κ2) is 5.19. The Morgan fingerprint density at radius 2 is 2.29 bits per heavy atom. The highest BCUT2D eigenvalue weighted by atomic mass is 79.9.